The number of sulfonamides is 1. The predicted octanol–water partition coefficient (Wildman–Crippen LogP) is 1.27. The van der Waals surface area contributed by atoms with Crippen LogP contribution in [0.5, 0.6) is 0 Å². The third kappa shape index (κ3) is 4.46. The molecule has 0 spiro atoms. The van der Waals surface area contributed by atoms with Crippen molar-refractivity contribution in [2.24, 2.45) is 5.92 Å². The highest BCUT2D eigenvalue weighted by Crippen LogP contribution is 2.21. The lowest BCUT2D eigenvalue weighted by atomic mass is 9.97. The Morgan fingerprint density at radius 2 is 2.12 bits per heavy atom. The number of hydrogen-bond acceptors (Lipinski definition) is 4. The van der Waals surface area contributed by atoms with E-state index in [-0.39, 0.29) is 11.8 Å². The van der Waals surface area contributed by atoms with Crippen molar-refractivity contribution in [1.82, 2.24) is 19.4 Å². The molecule has 1 aromatic heterocycles. The summed E-state index contributed by atoms with van der Waals surface area (Å²) in [7, 11) is -3.21. The van der Waals surface area contributed by atoms with Crippen molar-refractivity contribution in [1.29, 1.82) is 0 Å². The number of aromatic nitrogens is 2. The monoisotopic (exact) mass is 362 g/mol. The van der Waals surface area contributed by atoms with E-state index >= 15 is 0 Å². The van der Waals surface area contributed by atoms with Crippen molar-refractivity contribution in [2.75, 3.05) is 25.9 Å². The first-order chi connectivity index (χ1) is 11.9. The Bertz CT molecular complexity index is 833. The van der Waals surface area contributed by atoms with Crippen LogP contribution in [0, 0.1) is 5.92 Å². The van der Waals surface area contributed by atoms with Crippen LogP contribution in [0.15, 0.2) is 42.7 Å². The standard InChI is InChI=1S/C17H22N4O3S/c1-25(23,24)19-12-14-6-4-10-20(13-14)17(22)15-7-2-3-8-16(15)21-11-5-9-18-21/h2-3,5,7-9,11,14,19H,4,6,10,12-13H2,1H3/t14-/m1/s1. The molecule has 0 aliphatic carbocycles. The molecule has 2 heterocycles. The molecule has 1 saturated heterocycles. The molecule has 8 heteroatoms. The summed E-state index contributed by atoms with van der Waals surface area (Å²) in [5.74, 6) is 0.0828. The van der Waals surface area contributed by atoms with E-state index in [4.69, 9.17) is 0 Å². The van der Waals surface area contributed by atoms with Gasteiger partial charge in [0.15, 0.2) is 0 Å². The highest BCUT2D eigenvalue weighted by Gasteiger charge is 2.26. The quantitative estimate of drug-likeness (QED) is 0.868. The summed E-state index contributed by atoms with van der Waals surface area (Å²) in [6.07, 6.45) is 6.41. The number of amides is 1. The molecule has 3 rings (SSSR count). The van der Waals surface area contributed by atoms with Crippen molar-refractivity contribution in [3.8, 4) is 5.69 Å². The molecule has 1 amide bonds. The average Bonchev–Trinajstić information content (AvgIpc) is 3.13. The van der Waals surface area contributed by atoms with Gasteiger partial charge >= 0.3 is 0 Å². The third-order valence-corrected chi connectivity index (χ3v) is 5.02. The molecule has 2 aromatic rings. The second kappa shape index (κ2) is 7.37. The maximum Gasteiger partial charge on any atom is 0.256 e. The van der Waals surface area contributed by atoms with Crippen LogP contribution in [0.3, 0.4) is 0 Å². The molecule has 1 atom stereocenters. The van der Waals surface area contributed by atoms with Crippen LogP contribution in [0.2, 0.25) is 0 Å². The Morgan fingerprint density at radius 1 is 1.32 bits per heavy atom. The fourth-order valence-electron chi connectivity index (χ4n) is 3.12. The lowest BCUT2D eigenvalue weighted by Gasteiger charge is -2.33. The lowest BCUT2D eigenvalue weighted by Crippen LogP contribution is -2.43. The van der Waals surface area contributed by atoms with Crippen LogP contribution in [0.25, 0.3) is 5.69 Å². The Hall–Kier alpha value is -2.19. The topological polar surface area (TPSA) is 84.3 Å². The third-order valence-electron chi connectivity index (χ3n) is 4.33. The minimum Gasteiger partial charge on any atom is -0.338 e. The SMILES string of the molecule is CS(=O)(=O)NC[C@H]1CCCN(C(=O)c2ccccc2-n2cccn2)C1. The van der Waals surface area contributed by atoms with Gasteiger partial charge in [-0.3, -0.25) is 4.79 Å². The fraction of sp³-hybridized carbons (Fsp3) is 0.412. The van der Waals surface area contributed by atoms with Crippen LogP contribution < -0.4 is 4.72 Å². The number of nitrogens with zero attached hydrogens (tertiary/aromatic N) is 3. The van der Waals surface area contributed by atoms with Crippen molar-refractivity contribution in [2.45, 2.75) is 12.8 Å². The first kappa shape index (κ1) is 17.6. The predicted molar refractivity (Wildman–Crippen MR) is 95.0 cm³/mol. The maximum absolute atomic E-state index is 13.0. The van der Waals surface area contributed by atoms with Gasteiger partial charge in [0.05, 0.1) is 17.5 Å². The molecule has 0 saturated carbocycles. The van der Waals surface area contributed by atoms with Gasteiger partial charge in [-0.15, -0.1) is 0 Å². The number of nitrogens with one attached hydrogen (secondary N) is 1. The van der Waals surface area contributed by atoms with Gasteiger partial charge in [-0.05, 0) is 37.0 Å². The Balaban J connectivity index is 1.75. The number of carbonyl (C=O) groups excluding carboxylic acids is 1. The van der Waals surface area contributed by atoms with Crippen LogP contribution in [0.4, 0.5) is 0 Å². The Morgan fingerprint density at radius 3 is 2.84 bits per heavy atom. The number of hydrogen-bond donors (Lipinski definition) is 1. The summed E-state index contributed by atoms with van der Waals surface area (Å²) in [5.41, 5.74) is 1.34. The van der Waals surface area contributed by atoms with Crippen molar-refractivity contribution >= 4 is 15.9 Å². The van der Waals surface area contributed by atoms with E-state index < -0.39 is 10.0 Å². The van der Waals surface area contributed by atoms with E-state index in [2.05, 4.69) is 9.82 Å². The van der Waals surface area contributed by atoms with Crippen LogP contribution in [0.1, 0.15) is 23.2 Å². The number of likely N-dealkylation sites (tertiary alicyclic amines) is 1. The minimum absolute atomic E-state index is 0.0462. The number of rotatable bonds is 5. The molecule has 1 aliphatic rings. The summed E-state index contributed by atoms with van der Waals surface area (Å²) in [5, 5.41) is 4.22. The zero-order valence-electron chi connectivity index (χ0n) is 14.1. The van der Waals surface area contributed by atoms with E-state index in [0.717, 1.165) is 24.8 Å². The zero-order chi connectivity index (χ0) is 17.9. The molecule has 1 N–H and O–H groups in total. The average molecular weight is 362 g/mol. The highest BCUT2D eigenvalue weighted by molar-refractivity contribution is 7.88. The Kier molecular flexibility index (Phi) is 5.19. The number of carbonyl (C=O) groups is 1. The van der Waals surface area contributed by atoms with E-state index in [0.29, 0.717) is 25.2 Å². The fourth-order valence-corrected chi connectivity index (χ4v) is 3.66. The molecule has 1 fully saturated rings. The molecule has 1 aromatic carbocycles. The van der Waals surface area contributed by atoms with Gasteiger partial charge in [-0.2, -0.15) is 5.10 Å². The van der Waals surface area contributed by atoms with Gasteiger partial charge in [0, 0.05) is 32.0 Å². The molecular formula is C17H22N4O3S. The normalized spacial score (nSPS) is 18.3. The molecule has 7 nitrogen and oxygen atoms in total. The minimum atomic E-state index is -3.21. The van der Waals surface area contributed by atoms with Gasteiger partial charge < -0.3 is 4.90 Å². The largest absolute Gasteiger partial charge is 0.338 e. The highest BCUT2D eigenvalue weighted by atomic mass is 32.2. The summed E-state index contributed by atoms with van der Waals surface area (Å²) in [6.45, 7) is 1.60. The Labute approximate surface area is 147 Å². The van der Waals surface area contributed by atoms with Gasteiger partial charge in [-0.25, -0.2) is 17.8 Å². The first-order valence-electron chi connectivity index (χ1n) is 8.27. The van der Waals surface area contributed by atoms with Crippen molar-refractivity contribution in [3.05, 3.63) is 48.3 Å². The molecule has 0 unspecified atom stereocenters. The van der Waals surface area contributed by atoms with Gasteiger partial charge in [-0.1, -0.05) is 12.1 Å². The van der Waals surface area contributed by atoms with Crippen LogP contribution in [-0.4, -0.2) is 54.9 Å². The van der Waals surface area contributed by atoms with Crippen molar-refractivity contribution < 1.29 is 13.2 Å². The van der Waals surface area contributed by atoms with Crippen molar-refractivity contribution in [3.63, 3.8) is 0 Å². The lowest BCUT2D eigenvalue weighted by molar-refractivity contribution is 0.0676. The number of benzene rings is 1. The van der Waals surface area contributed by atoms with E-state index in [1.54, 1.807) is 28.0 Å². The van der Waals surface area contributed by atoms with Crippen LogP contribution in [-0.2, 0) is 10.0 Å². The molecule has 0 bridgehead atoms. The number of piperidine rings is 1. The van der Waals surface area contributed by atoms with Gasteiger partial charge in [0.2, 0.25) is 10.0 Å². The van der Waals surface area contributed by atoms with E-state index in [9.17, 15) is 13.2 Å². The summed E-state index contributed by atoms with van der Waals surface area (Å²) >= 11 is 0. The summed E-state index contributed by atoms with van der Waals surface area (Å²) in [6, 6.07) is 9.20. The molecule has 134 valence electrons. The van der Waals surface area contributed by atoms with Crippen LogP contribution >= 0.6 is 0 Å². The molecule has 1 aliphatic heterocycles. The second-order valence-corrected chi connectivity index (χ2v) is 8.18. The van der Waals surface area contributed by atoms with E-state index in [1.165, 1.54) is 0 Å². The summed E-state index contributed by atoms with van der Waals surface area (Å²) in [4.78, 5) is 14.8. The van der Waals surface area contributed by atoms with E-state index in [1.807, 2.05) is 24.3 Å². The summed E-state index contributed by atoms with van der Waals surface area (Å²) < 4.78 is 26.8. The number of para-hydroxylation sites is 1. The molecule has 0 radical (unpaired) electrons. The molecule has 25 heavy (non-hydrogen) atoms. The second-order valence-electron chi connectivity index (χ2n) is 6.35. The smallest absolute Gasteiger partial charge is 0.256 e. The van der Waals surface area contributed by atoms with Gasteiger partial charge in [0.25, 0.3) is 5.91 Å². The van der Waals surface area contributed by atoms with Gasteiger partial charge in [0.1, 0.15) is 0 Å². The molecular weight excluding hydrogens is 340 g/mol. The maximum atomic E-state index is 13.0. The zero-order valence-corrected chi connectivity index (χ0v) is 14.9. The first-order valence-corrected chi connectivity index (χ1v) is 10.2.